The van der Waals surface area contributed by atoms with E-state index in [4.69, 9.17) is 21.1 Å². The molecule has 2 rings (SSSR count). The Labute approximate surface area is 176 Å². The van der Waals surface area contributed by atoms with Gasteiger partial charge in [0.05, 0.1) is 25.9 Å². The molecule has 0 aliphatic rings. The Balaban J connectivity index is 0.00000338. The van der Waals surface area contributed by atoms with Crippen molar-refractivity contribution in [1.82, 2.24) is 15.6 Å². The Hall–Kier alpha value is -1.74. The summed E-state index contributed by atoms with van der Waals surface area (Å²) in [4.78, 5) is 8.55. The van der Waals surface area contributed by atoms with Crippen LogP contribution in [0, 0.1) is 0 Å². The first kappa shape index (κ1) is 22.3. The summed E-state index contributed by atoms with van der Waals surface area (Å²) in [6.07, 6.45) is -0.0327. The number of benzene rings is 1. The molecule has 1 heterocycles. The summed E-state index contributed by atoms with van der Waals surface area (Å²) >= 11 is 5.87. The monoisotopic (exact) mass is 490 g/mol. The fourth-order valence-corrected chi connectivity index (χ4v) is 2.22. The highest BCUT2D eigenvalue weighted by atomic mass is 127. The number of nitrogens with one attached hydrogen (secondary N) is 2. The molecule has 26 heavy (non-hydrogen) atoms. The van der Waals surface area contributed by atoms with E-state index in [1.807, 2.05) is 37.3 Å². The van der Waals surface area contributed by atoms with E-state index in [9.17, 15) is 0 Å². The van der Waals surface area contributed by atoms with Gasteiger partial charge in [-0.05, 0) is 37.3 Å². The number of halogens is 2. The zero-order valence-corrected chi connectivity index (χ0v) is 18.1. The number of aromatic nitrogens is 1. The maximum atomic E-state index is 5.87. The number of rotatable bonds is 7. The minimum absolute atomic E-state index is 0. The molecule has 0 spiro atoms. The zero-order valence-electron chi connectivity index (χ0n) is 15.0. The van der Waals surface area contributed by atoms with Gasteiger partial charge in [-0.2, -0.15) is 0 Å². The van der Waals surface area contributed by atoms with Gasteiger partial charge in [-0.15, -0.1) is 24.0 Å². The van der Waals surface area contributed by atoms with E-state index in [-0.39, 0.29) is 30.1 Å². The second kappa shape index (κ2) is 11.8. The van der Waals surface area contributed by atoms with Gasteiger partial charge in [0.2, 0.25) is 5.88 Å². The second-order valence-corrected chi connectivity index (χ2v) is 5.80. The molecule has 0 saturated carbocycles. The second-order valence-electron chi connectivity index (χ2n) is 5.36. The van der Waals surface area contributed by atoms with Crippen molar-refractivity contribution in [1.29, 1.82) is 0 Å². The quantitative estimate of drug-likeness (QED) is 0.353. The molecule has 0 fully saturated rings. The first-order chi connectivity index (χ1) is 12.1. The lowest BCUT2D eigenvalue weighted by Crippen LogP contribution is -2.41. The first-order valence-electron chi connectivity index (χ1n) is 7.97. The van der Waals surface area contributed by atoms with Crippen molar-refractivity contribution >= 4 is 41.5 Å². The van der Waals surface area contributed by atoms with E-state index in [1.165, 1.54) is 0 Å². The summed E-state index contributed by atoms with van der Waals surface area (Å²) in [7, 11) is 3.32. The summed E-state index contributed by atoms with van der Waals surface area (Å²) in [5, 5.41) is 7.13. The van der Waals surface area contributed by atoms with Crippen LogP contribution in [0.4, 0.5) is 0 Å². The van der Waals surface area contributed by atoms with Gasteiger partial charge in [-0.3, -0.25) is 4.99 Å². The Morgan fingerprint density at radius 1 is 1.19 bits per heavy atom. The van der Waals surface area contributed by atoms with E-state index in [0.717, 1.165) is 11.4 Å². The molecule has 1 unspecified atom stereocenters. The van der Waals surface area contributed by atoms with Crippen LogP contribution < -0.4 is 20.1 Å². The molecule has 1 aromatic heterocycles. The highest BCUT2D eigenvalue weighted by Crippen LogP contribution is 2.16. The first-order valence-corrected chi connectivity index (χ1v) is 8.35. The summed E-state index contributed by atoms with van der Waals surface area (Å²) in [6, 6.07) is 12.9. The van der Waals surface area contributed by atoms with E-state index < -0.39 is 0 Å². The molecule has 142 valence electrons. The van der Waals surface area contributed by atoms with Crippen molar-refractivity contribution in [3.8, 4) is 11.6 Å². The summed E-state index contributed by atoms with van der Waals surface area (Å²) in [5.74, 6) is 2.05. The Morgan fingerprint density at radius 3 is 2.58 bits per heavy atom. The highest BCUT2D eigenvalue weighted by Gasteiger charge is 2.06. The number of pyridine rings is 1. The van der Waals surface area contributed by atoms with E-state index in [0.29, 0.717) is 30.0 Å². The largest absolute Gasteiger partial charge is 0.489 e. The predicted molar refractivity (Wildman–Crippen MR) is 116 cm³/mol. The number of hydrogen-bond donors (Lipinski definition) is 2. The average molecular weight is 491 g/mol. The number of nitrogens with zero attached hydrogens (tertiary/aromatic N) is 2. The lowest BCUT2D eigenvalue weighted by molar-refractivity contribution is 0.224. The van der Waals surface area contributed by atoms with Crippen molar-refractivity contribution in [3.05, 3.63) is 53.2 Å². The third-order valence-electron chi connectivity index (χ3n) is 3.36. The minimum atomic E-state index is -0.0327. The van der Waals surface area contributed by atoms with Gasteiger partial charge >= 0.3 is 0 Å². The molecule has 0 aliphatic heterocycles. The Bertz CT molecular complexity index is 698. The summed E-state index contributed by atoms with van der Waals surface area (Å²) < 4.78 is 10.9. The van der Waals surface area contributed by atoms with Gasteiger partial charge in [0.1, 0.15) is 11.9 Å². The Morgan fingerprint density at radius 2 is 1.92 bits per heavy atom. The lowest BCUT2D eigenvalue weighted by Gasteiger charge is -2.17. The van der Waals surface area contributed by atoms with Crippen LogP contribution in [0.3, 0.4) is 0 Å². The van der Waals surface area contributed by atoms with Crippen LogP contribution in [0.1, 0.15) is 12.6 Å². The standard InChI is InChI=1S/C18H23ClN4O2.HI/c1-13(25-16-9-7-14(19)8-10-16)11-21-18(20-2)22-12-15-5-4-6-17(23-15)24-3;/h4-10,13H,11-12H2,1-3H3,(H2,20,21,22);1H. The molecule has 0 saturated heterocycles. The molecule has 0 radical (unpaired) electrons. The van der Waals surface area contributed by atoms with E-state index >= 15 is 0 Å². The van der Waals surface area contributed by atoms with Crippen LogP contribution in [-0.4, -0.2) is 37.7 Å². The summed E-state index contributed by atoms with van der Waals surface area (Å²) in [6.45, 7) is 3.13. The zero-order chi connectivity index (χ0) is 18.1. The molecule has 2 aromatic rings. The number of methoxy groups -OCH3 is 1. The smallest absolute Gasteiger partial charge is 0.213 e. The van der Waals surface area contributed by atoms with Crippen LogP contribution in [-0.2, 0) is 6.54 Å². The van der Waals surface area contributed by atoms with Crippen LogP contribution in [0.15, 0.2) is 47.5 Å². The van der Waals surface area contributed by atoms with Crippen molar-refractivity contribution < 1.29 is 9.47 Å². The number of aliphatic imine (C=N–C) groups is 1. The van der Waals surface area contributed by atoms with Gasteiger partial charge in [0.25, 0.3) is 0 Å². The maximum Gasteiger partial charge on any atom is 0.213 e. The number of ether oxygens (including phenoxy) is 2. The highest BCUT2D eigenvalue weighted by molar-refractivity contribution is 14.0. The predicted octanol–water partition coefficient (Wildman–Crippen LogP) is 3.49. The van der Waals surface area contributed by atoms with Crippen molar-refractivity contribution in [2.24, 2.45) is 4.99 Å². The average Bonchev–Trinajstić information content (AvgIpc) is 2.64. The maximum absolute atomic E-state index is 5.87. The number of guanidine groups is 1. The third-order valence-corrected chi connectivity index (χ3v) is 3.61. The molecule has 0 bridgehead atoms. The molecule has 0 aliphatic carbocycles. The summed E-state index contributed by atoms with van der Waals surface area (Å²) in [5.41, 5.74) is 0.868. The van der Waals surface area contributed by atoms with Gasteiger partial charge in [-0.25, -0.2) is 4.98 Å². The van der Waals surface area contributed by atoms with Crippen molar-refractivity contribution in [2.75, 3.05) is 20.7 Å². The topological polar surface area (TPSA) is 67.8 Å². The number of hydrogen-bond acceptors (Lipinski definition) is 4. The Kier molecular flexibility index (Phi) is 10.1. The molecular weight excluding hydrogens is 467 g/mol. The molecule has 1 atom stereocenters. The third kappa shape index (κ3) is 7.65. The fraction of sp³-hybridized carbons (Fsp3) is 0.333. The van der Waals surface area contributed by atoms with Crippen molar-refractivity contribution in [3.63, 3.8) is 0 Å². The SMILES string of the molecule is CN=C(NCc1cccc(OC)n1)NCC(C)Oc1ccc(Cl)cc1.I. The van der Waals surface area contributed by atoms with Crippen LogP contribution in [0.5, 0.6) is 11.6 Å². The van der Waals surface area contributed by atoms with Crippen LogP contribution in [0.25, 0.3) is 0 Å². The van der Waals surface area contributed by atoms with E-state index in [1.54, 1.807) is 26.3 Å². The molecule has 2 N–H and O–H groups in total. The van der Waals surface area contributed by atoms with Gasteiger partial charge < -0.3 is 20.1 Å². The van der Waals surface area contributed by atoms with Gasteiger partial charge in [-0.1, -0.05) is 17.7 Å². The fourth-order valence-electron chi connectivity index (χ4n) is 2.09. The molecule has 8 heteroatoms. The lowest BCUT2D eigenvalue weighted by atomic mass is 10.3. The normalized spacial score (nSPS) is 11.9. The molecular formula is C18H24ClIN4O2. The molecule has 0 amide bonds. The van der Waals surface area contributed by atoms with Crippen LogP contribution in [0.2, 0.25) is 5.02 Å². The van der Waals surface area contributed by atoms with E-state index in [2.05, 4.69) is 20.6 Å². The molecule has 1 aromatic carbocycles. The van der Waals surface area contributed by atoms with Crippen LogP contribution >= 0.6 is 35.6 Å². The van der Waals surface area contributed by atoms with Crippen molar-refractivity contribution in [2.45, 2.75) is 19.6 Å². The molecule has 6 nitrogen and oxygen atoms in total. The minimum Gasteiger partial charge on any atom is -0.489 e. The van der Waals surface area contributed by atoms with Gasteiger partial charge in [0.15, 0.2) is 5.96 Å². The van der Waals surface area contributed by atoms with Gasteiger partial charge in [0, 0.05) is 18.1 Å².